The molecule has 0 bridgehead atoms. The molecule has 0 radical (unpaired) electrons. The van der Waals surface area contributed by atoms with E-state index >= 15 is 0 Å². The van der Waals surface area contributed by atoms with Crippen LogP contribution in [0.25, 0.3) is 0 Å². The average molecular weight is 197 g/mol. The minimum Gasteiger partial charge on any atom is -0.286 e. The lowest BCUT2D eigenvalue weighted by Gasteiger charge is -2.14. The molecule has 1 unspecified atom stereocenters. The third kappa shape index (κ3) is 4.85. The Morgan fingerprint density at radius 2 is 2.00 bits per heavy atom. The summed E-state index contributed by atoms with van der Waals surface area (Å²) in [6.07, 6.45) is 0. The molecule has 0 spiro atoms. The fraction of sp³-hybridized carbons (Fsp3) is 1.00. The van der Waals surface area contributed by atoms with Crippen LogP contribution in [-0.2, 0) is 18.2 Å². The molecule has 0 fully saturated rings. The molecular weight excluding hydrogens is 181 g/mol. The van der Waals surface area contributed by atoms with Crippen molar-refractivity contribution in [1.29, 1.82) is 0 Å². The van der Waals surface area contributed by atoms with Crippen LogP contribution >= 0.6 is 7.82 Å². The first kappa shape index (κ1) is 12.1. The number of rotatable bonds is 6. The summed E-state index contributed by atoms with van der Waals surface area (Å²) in [4.78, 5) is 0. The molecule has 0 aromatic rings. The first-order chi connectivity index (χ1) is 5.54. The summed E-state index contributed by atoms with van der Waals surface area (Å²) >= 11 is 0. The van der Waals surface area contributed by atoms with Crippen molar-refractivity contribution in [2.45, 2.75) is 20.8 Å². The molecule has 0 aliphatic rings. The molecule has 0 saturated carbocycles. The summed E-state index contributed by atoms with van der Waals surface area (Å²) in [6, 6.07) is 0. The minimum atomic E-state index is -3.48. The van der Waals surface area contributed by atoms with Gasteiger partial charge in [0.15, 0.2) is 0 Å². The summed E-state index contributed by atoms with van der Waals surface area (Å²) < 4.78 is 25.0. The Balaban J connectivity index is 3.88. The van der Waals surface area contributed by atoms with Crippen LogP contribution in [0.2, 0.25) is 0 Å². The van der Waals surface area contributed by atoms with Crippen molar-refractivity contribution in [2.75, 3.05) is 13.2 Å². The molecule has 0 amide bonds. The van der Waals surface area contributed by atoms with Gasteiger partial charge in [-0.15, -0.1) is 0 Å². The fourth-order valence-corrected chi connectivity index (χ4v) is 1.49. The lowest BCUT2D eigenvalue weighted by atomic mass is 10.2. The van der Waals surface area contributed by atoms with E-state index in [9.17, 15) is 4.57 Å². The number of hydrogen-bond donors (Lipinski definition) is 1. The molecular formula is C6H16NO4P. The van der Waals surface area contributed by atoms with Crippen molar-refractivity contribution >= 4 is 7.82 Å². The molecule has 0 saturated heterocycles. The van der Waals surface area contributed by atoms with E-state index in [4.69, 9.17) is 14.9 Å². The Bertz CT molecular complexity index is 162. The van der Waals surface area contributed by atoms with Crippen LogP contribution in [0.15, 0.2) is 0 Å². The first-order valence-corrected chi connectivity index (χ1v) is 5.27. The van der Waals surface area contributed by atoms with E-state index in [1.54, 1.807) is 6.92 Å². The highest BCUT2D eigenvalue weighted by molar-refractivity contribution is 7.48. The zero-order valence-corrected chi connectivity index (χ0v) is 8.54. The van der Waals surface area contributed by atoms with Crippen LogP contribution in [0.5, 0.6) is 0 Å². The van der Waals surface area contributed by atoms with Crippen molar-refractivity contribution in [3.63, 3.8) is 0 Å². The highest BCUT2D eigenvalue weighted by Gasteiger charge is 2.25. The van der Waals surface area contributed by atoms with E-state index in [0.29, 0.717) is 6.61 Å². The maximum absolute atomic E-state index is 11.3. The van der Waals surface area contributed by atoms with E-state index in [2.05, 4.69) is 4.62 Å². The second kappa shape index (κ2) is 5.67. The Kier molecular flexibility index (Phi) is 5.70. The summed E-state index contributed by atoms with van der Waals surface area (Å²) in [5.41, 5.74) is 0. The summed E-state index contributed by atoms with van der Waals surface area (Å²) in [7, 11) is -3.48. The fourth-order valence-electron chi connectivity index (χ4n) is 0.497. The van der Waals surface area contributed by atoms with Gasteiger partial charge in [-0.25, -0.2) is 15.1 Å². The lowest BCUT2D eigenvalue weighted by Crippen LogP contribution is -2.07. The van der Waals surface area contributed by atoms with Gasteiger partial charge in [0.05, 0.1) is 13.2 Å². The normalized spacial score (nSPS) is 16.4. The molecule has 5 nitrogen and oxygen atoms in total. The Morgan fingerprint density at radius 1 is 1.42 bits per heavy atom. The predicted molar refractivity (Wildman–Crippen MR) is 45.3 cm³/mol. The van der Waals surface area contributed by atoms with Gasteiger partial charge < -0.3 is 0 Å². The summed E-state index contributed by atoms with van der Waals surface area (Å²) in [5, 5.41) is 0. The van der Waals surface area contributed by atoms with Crippen LogP contribution in [0.3, 0.4) is 0 Å². The standard InChI is InChI=1S/C6H16NO4P/c1-4-9-12(8,11-7)10-5-6(2)3/h6H,4-5,7H2,1-3H3. The largest absolute Gasteiger partial charge is 0.491 e. The smallest absolute Gasteiger partial charge is 0.286 e. The van der Waals surface area contributed by atoms with Crippen molar-refractivity contribution < 1.29 is 18.2 Å². The lowest BCUT2D eigenvalue weighted by molar-refractivity contribution is 0.108. The van der Waals surface area contributed by atoms with Crippen molar-refractivity contribution in [3.8, 4) is 0 Å². The van der Waals surface area contributed by atoms with Gasteiger partial charge in [0.1, 0.15) is 0 Å². The zero-order valence-electron chi connectivity index (χ0n) is 7.65. The van der Waals surface area contributed by atoms with Crippen LogP contribution in [0.4, 0.5) is 0 Å². The predicted octanol–water partition coefficient (Wildman–Crippen LogP) is 1.69. The van der Waals surface area contributed by atoms with Crippen LogP contribution < -0.4 is 5.90 Å². The average Bonchev–Trinajstić information content (AvgIpc) is 2.02. The molecule has 74 valence electrons. The molecule has 0 aliphatic carbocycles. The van der Waals surface area contributed by atoms with Gasteiger partial charge in [0, 0.05) is 0 Å². The SMILES string of the molecule is CCOP(=O)(ON)OCC(C)C. The van der Waals surface area contributed by atoms with E-state index in [-0.39, 0.29) is 12.5 Å². The third-order valence-electron chi connectivity index (χ3n) is 0.982. The summed E-state index contributed by atoms with van der Waals surface area (Å²) in [6.45, 7) is 6.07. The molecule has 0 aromatic heterocycles. The van der Waals surface area contributed by atoms with Crippen molar-refractivity contribution in [2.24, 2.45) is 11.8 Å². The summed E-state index contributed by atoms with van der Waals surface area (Å²) in [5.74, 6) is 5.02. The monoisotopic (exact) mass is 197 g/mol. The molecule has 0 rings (SSSR count). The van der Waals surface area contributed by atoms with Gasteiger partial charge >= 0.3 is 7.82 Å². The third-order valence-corrected chi connectivity index (χ3v) is 2.28. The van der Waals surface area contributed by atoms with Gasteiger partial charge in [0.25, 0.3) is 0 Å². The molecule has 1 atom stereocenters. The molecule has 12 heavy (non-hydrogen) atoms. The Morgan fingerprint density at radius 3 is 2.33 bits per heavy atom. The highest BCUT2D eigenvalue weighted by atomic mass is 31.2. The molecule has 0 aliphatic heterocycles. The van der Waals surface area contributed by atoms with Crippen molar-refractivity contribution in [3.05, 3.63) is 0 Å². The second-order valence-electron chi connectivity index (χ2n) is 2.66. The number of hydrogen-bond acceptors (Lipinski definition) is 5. The number of phosphoric ester groups is 1. The molecule has 2 N–H and O–H groups in total. The van der Waals surface area contributed by atoms with Gasteiger partial charge in [-0.1, -0.05) is 13.8 Å². The molecule has 6 heteroatoms. The Labute approximate surface area is 72.7 Å². The van der Waals surface area contributed by atoms with Crippen LogP contribution in [0.1, 0.15) is 20.8 Å². The molecule has 0 heterocycles. The minimum absolute atomic E-state index is 0.243. The first-order valence-electron chi connectivity index (χ1n) is 3.81. The van der Waals surface area contributed by atoms with E-state index < -0.39 is 7.82 Å². The number of nitrogens with two attached hydrogens (primary N) is 1. The maximum atomic E-state index is 11.3. The van der Waals surface area contributed by atoms with Gasteiger partial charge in [0.2, 0.25) is 0 Å². The van der Waals surface area contributed by atoms with Crippen molar-refractivity contribution in [1.82, 2.24) is 0 Å². The quantitative estimate of drug-likeness (QED) is 0.518. The van der Waals surface area contributed by atoms with Gasteiger partial charge in [-0.3, -0.25) is 9.05 Å². The molecule has 0 aromatic carbocycles. The van der Waals surface area contributed by atoms with Gasteiger partial charge in [-0.2, -0.15) is 0 Å². The Hall–Kier alpha value is 0.0700. The topological polar surface area (TPSA) is 70.8 Å². The zero-order chi connectivity index (χ0) is 9.61. The van der Waals surface area contributed by atoms with E-state index in [0.717, 1.165) is 0 Å². The maximum Gasteiger partial charge on any atom is 0.491 e. The van der Waals surface area contributed by atoms with Crippen LogP contribution in [0, 0.1) is 5.92 Å². The van der Waals surface area contributed by atoms with Gasteiger partial charge in [-0.05, 0) is 12.8 Å². The second-order valence-corrected chi connectivity index (χ2v) is 4.28. The van der Waals surface area contributed by atoms with E-state index in [1.807, 2.05) is 13.8 Å². The van der Waals surface area contributed by atoms with E-state index in [1.165, 1.54) is 0 Å². The highest BCUT2D eigenvalue weighted by Crippen LogP contribution is 2.47. The van der Waals surface area contributed by atoms with Crippen LogP contribution in [-0.4, -0.2) is 13.2 Å². The number of phosphoric acid groups is 1.